The molecule has 0 heterocycles. The first-order chi connectivity index (χ1) is 6.73. The molecule has 0 saturated carbocycles. The molecule has 1 nitrogen and oxygen atoms in total. The minimum Gasteiger partial charge on any atom is -0.316 e. The molecule has 0 aliphatic carbocycles. The van der Waals surface area contributed by atoms with Gasteiger partial charge < -0.3 is 5.73 Å². The molecule has 0 spiro atoms. The van der Waals surface area contributed by atoms with Crippen molar-refractivity contribution in [2.75, 3.05) is 0 Å². The molecule has 0 saturated heterocycles. The predicted octanol–water partition coefficient (Wildman–Crippen LogP) is 3.13. The van der Waals surface area contributed by atoms with E-state index in [2.05, 4.69) is 0 Å². The molecule has 84 valence electrons. The first-order valence-corrected chi connectivity index (χ1v) is 4.78. The lowest BCUT2D eigenvalue weighted by Gasteiger charge is -2.17. The van der Waals surface area contributed by atoms with Crippen molar-refractivity contribution in [3.63, 3.8) is 0 Å². The van der Waals surface area contributed by atoms with E-state index in [0.717, 1.165) is 12.1 Å². The van der Waals surface area contributed by atoms with E-state index in [4.69, 9.17) is 5.73 Å². The fourth-order valence-electron chi connectivity index (χ4n) is 1.01. The van der Waals surface area contributed by atoms with E-state index >= 15 is 0 Å². The normalized spacial score (nSPS) is 14.1. The second-order valence-electron chi connectivity index (χ2n) is 2.80. The number of benzene rings is 1. The zero-order valence-corrected chi connectivity index (χ0v) is 9.23. The number of hydrogen-bond acceptors (Lipinski definition) is 1. The molecule has 1 aromatic rings. The van der Waals surface area contributed by atoms with Crippen molar-refractivity contribution in [2.24, 2.45) is 5.73 Å². The highest BCUT2D eigenvalue weighted by molar-refractivity contribution is 14.1. The minimum atomic E-state index is -4.87. The highest BCUT2D eigenvalue weighted by Crippen LogP contribution is 2.33. The van der Waals surface area contributed by atoms with Crippen LogP contribution in [0.4, 0.5) is 22.0 Å². The van der Waals surface area contributed by atoms with E-state index < -0.39 is 29.4 Å². The molecule has 0 fully saturated rings. The van der Waals surface area contributed by atoms with Gasteiger partial charge in [-0.15, -0.1) is 0 Å². The van der Waals surface area contributed by atoms with Crippen LogP contribution in [0.15, 0.2) is 12.1 Å². The van der Waals surface area contributed by atoms with Crippen molar-refractivity contribution in [3.05, 3.63) is 32.9 Å². The van der Waals surface area contributed by atoms with Gasteiger partial charge in [-0.1, -0.05) is 0 Å². The Bertz CT molecular complexity index is 353. The van der Waals surface area contributed by atoms with Gasteiger partial charge in [0.1, 0.15) is 17.7 Å². The van der Waals surface area contributed by atoms with Crippen molar-refractivity contribution >= 4 is 22.6 Å². The van der Waals surface area contributed by atoms with Crippen LogP contribution >= 0.6 is 22.6 Å². The van der Waals surface area contributed by atoms with E-state index in [9.17, 15) is 22.0 Å². The summed E-state index contributed by atoms with van der Waals surface area (Å²) < 4.78 is 62.7. The van der Waals surface area contributed by atoms with Crippen molar-refractivity contribution in [3.8, 4) is 0 Å². The molecule has 0 amide bonds. The van der Waals surface area contributed by atoms with Crippen LogP contribution in [-0.4, -0.2) is 6.18 Å². The first kappa shape index (κ1) is 12.6. The Kier molecular flexibility index (Phi) is 3.54. The van der Waals surface area contributed by atoms with Gasteiger partial charge in [-0.25, -0.2) is 8.78 Å². The minimum absolute atomic E-state index is 0.167. The van der Waals surface area contributed by atoms with Crippen LogP contribution in [0.1, 0.15) is 11.6 Å². The third-order valence-electron chi connectivity index (χ3n) is 1.71. The highest BCUT2D eigenvalue weighted by atomic mass is 127. The molecule has 2 N–H and O–H groups in total. The lowest BCUT2D eigenvalue weighted by Crippen LogP contribution is -2.30. The summed E-state index contributed by atoms with van der Waals surface area (Å²) in [6.07, 6.45) is -4.87. The third-order valence-corrected chi connectivity index (χ3v) is 2.33. The standard InChI is InChI=1S/C8H5F5IN/c9-4-1-3(14)2-5(10)6(4)7(15)8(11,12)13/h1-2,7H,15H2/t7-/m1/s1. The van der Waals surface area contributed by atoms with E-state index in [1.807, 2.05) is 0 Å². The molecule has 1 aromatic carbocycles. The SMILES string of the molecule is N[C@H](c1c(F)cc(I)cc1F)C(F)(F)F. The lowest BCUT2D eigenvalue weighted by atomic mass is 10.1. The van der Waals surface area contributed by atoms with Crippen LogP contribution in [0.5, 0.6) is 0 Å². The average Bonchev–Trinajstić information content (AvgIpc) is 1.99. The van der Waals surface area contributed by atoms with Gasteiger partial charge in [0.15, 0.2) is 0 Å². The summed E-state index contributed by atoms with van der Waals surface area (Å²) in [4.78, 5) is 0. The van der Waals surface area contributed by atoms with Crippen LogP contribution in [-0.2, 0) is 0 Å². The van der Waals surface area contributed by atoms with Gasteiger partial charge in [-0.05, 0) is 34.7 Å². The highest BCUT2D eigenvalue weighted by Gasteiger charge is 2.41. The summed E-state index contributed by atoms with van der Waals surface area (Å²) in [5, 5.41) is 0. The largest absolute Gasteiger partial charge is 0.407 e. The summed E-state index contributed by atoms with van der Waals surface area (Å²) >= 11 is 1.59. The van der Waals surface area contributed by atoms with Gasteiger partial charge in [0.05, 0.1) is 0 Å². The van der Waals surface area contributed by atoms with Crippen LogP contribution in [0.25, 0.3) is 0 Å². The number of alkyl halides is 3. The molecule has 0 radical (unpaired) electrons. The van der Waals surface area contributed by atoms with E-state index in [1.165, 1.54) is 0 Å². The Hall–Kier alpha value is -0.440. The summed E-state index contributed by atoms with van der Waals surface area (Å²) in [5.74, 6) is -2.58. The Morgan fingerprint density at radius 1 is 1.13 bits per heavy atom. The molecule has 1 atom stereocenters. The van der Waals surface area contributed by atoms with Crippen LogP contribution in [0.3, 0.4) is 0 Å². The van der Waals surface area contributed by atoms with E-state index in [1.54, 1.807) is 22.6 Å². The van der Waals surface area contributed by atoms with Crippen LogP contribution in [0.2, 0.25) is 0 Å². The monoisotopic (exact) mass is 337 g/mol. The summed E-state index contributed by atoms with van der Waals surface area (Å²) in [5.41, 5.74) is 3.57. The van der Waals surface area contributed by atoms with Crippen LogP contribution < -0.4 is 5.73 Å². The zero-order valence-electron chi connectivity index (χ0n) is 7.08. The third kappa shape index (κ3) is 2.77. The maximum absolute atomic E-state index is 13.1. The fourth-order valence-corrected chi connectivity index (χ4v) is 1.56. The molecule has 0 aliphatic heterocycles. The molecular formula is C8H5F5IN. The molecule has 0 unspecified atom stereocenters. The molecule has 15 heavy (non-hydrogen) atoms. The molecule has 7 heteroatoms. The van der Waals surface area contributed by atoms with Crippen LogP contribution in [0, 0.1) is 15.2 Å². The Balaban J connectivity index is 3.26. The second-order valence-corrected chi connectivity index (χ2v) is 4.05. The van der Waals surface area contributed by atoms with Gasteiger partial charge in [0, 0.05) is 9.13 Å². The van der Waals surface area contributed by atoms with Gasteiger partial charge in [0.25, 0.3) is 0 Å². The van der Waals surface area contributed by atoms with Gasteiger partial charge in [-0.3, -0.25) is 0 Å². The topological polar surface area (TPSA) is 26.0 Å². The number of hydrogen-bond donors (Lipinski definition) is 1. The number of nitrogens with two attached hydrogens (primary N) is 1. The molecule has 0 aliphatic rings. The smallest absolute Gasteiger partial charge is 0.316 e. The van der Waals surface area contributed by atoms with Crippen molar-refractivity contribution in [1.82, 2.24) is 0 Å². The number of halogens is 6. The first-order valence-electron chi connectivity index (χ1n) is 3.70. The zero-order chi connectivity index (χ0) is 11.8. The maximum atomic E-state index is 13.1. The lowest BCUT2D eigenvalue weighted by molar-refractivity contribution is -0.150. The maximum Gasteiger partial charge on any atom is 0.407 e. The molecular weight excluding hydrogens is 332 g/mol. The van der Waals surface area contributed by atoms with Crippen molar-refractivity contribution < 1.29 is 22.0 Å². The molecule has 0 aromatic heterocycles. The fraction of sp³-hybridized carbons (Fsp3) is 0.250. The summed E-state index contributed by atoms with van der Waals surface area (Å²) in [6, 6.07) is -1.05. The molecule has 0 bridgehead atoms. The van der Waals surface area contributed by atoms with Gasteiger partial charge in [0.2, 0.25) is 0 Å². The Labute approximate surface area is 95.6 Å². The number of rotatable bonds is 1. The van der Waals surface area contributed by atoms with E-state index in [-0.39, 0.29) is 3.57 Å². The summed E-state index contributed by atoms with van der Waals surface area (Å²) in [7, 11) is 0. The molecule has 1 rings (SSSR count). The van der Waals surface area contributed by atoms with Crippen molar-refractivity contribution in [2.45, 2.75) is 12.2 Å². The van der Waals surface area contributed by atoms with Gasteiger partial charge in [-0.2, -0.15) is 13.2 Å². The second kappa shape index (κ2) is 4.20. The van der Waals surface area contributed by atoms with E-state index in [0.29, 0.717) is 0 Å². The van der Waals surface area contributed by atoms with Gasteiger partial charge >= 0.3 is 6.18 Å². The quantitative estimate of drug-likeness (QED) is 0.619. The average molecular weight is 337 g/mol. The Morgan fingerprint density at radius 2 is 1.53 bits per heavy atom. The van der Waals surface area contributed by atoms with Crippen molar-refractivity contribution in [1.29, 1.82) is 0 Å². The Morgan fingerprint density at radius 3 is 1.87 bits per heavy atom. The predicted molar refractivity (Wildman–Crippen MR) is 52.1 cm³/mol. The summed E-state index contributed by atoms with van der Waals surface area (Å²) in [6.45, 7) is 0.